The van der Waals surface area contributed by atoms with E-state index < -0.39 is 24.5 Å². The number of fused-ring (bicyclic) bond motifs is 2. The molecule has 2 aliphatic rings. The van der Waals surface area contributed by atoms with Crippen molar-refractivity contribution >= 4 is 55.8 Å². The maximum atomic E-state index is 13.9. The molecule has 1 spiro atoms. The van der Waals surface area contributed by atoms with Crippen LogP contribution in [0.3, 0.4) is 0 Å². The molecule has 0 aliphatic carbocycles. The van der Waals surface area contributed by atoms with Crippen molar-refractivity contribution in [3.63, 3.8) is 0 Å². The molecule has 1 N–H and O–H groups in total. The number of rotatable bonds is 7. The highest BCUT2D eigenvalue weighted by Crippen LogP contribution is 2.42. The molecular weight excluding hydrogens is 695 g/mol. The number of benzene rings is 1. The molecule has 2 aliphatic heterocycles. The number of nitrogens with zero attached hydrogens (tertiary/aromatic N) is 7. The van der Waals surface area contributed by atoms with E-state index in [-0.39, 0.29) is 40.5 Å². The number of hydrogen-bond acceptors (Lipinski definition) is 10. The normalized spacial score (nSPS) is 15.4. The van der Waals surface area contributed by atoms with E-state index in [1.807, 2.05) is 9.80 Å². The second-order valence-electron chi connectivity index (χ2n) is 12.2. The van der Waals surface area contributed by atoms with Crippen LogP contribution in [0.2, 0.25) is 5.02 Å². The van der Waals surface area contributed by atoms with E-state index in [1.165, 1.54) is 28.3 Å². The van der Waals surface area contributed by atoms with Crippen molar-refractivity contribution in [2.24, 2.45) is 5.41 Å². The Morgan fingerprint density at radius 1 is 1.18 bits per heavy atom. The maximum absolute atomic E-state index is 13.9. The molecule has 5 aromatic rings. The third-order valence-electron chi connectivity index (χ3n) is 8.84. The number of thiophene rings is 1. The summed E-state index contributed by atoms with van der Waals surface area (Å²) in [5.41, 5.74) is 2.29. The zero-order valence-electron chi connectivity index (χ0n) is 26.2. The van der Waals surface area contributed by atoms with E-state index in [9.17, 15) is 33.1 Å². The van der Waals surface area contributed by atoms with E-state index in [0.717, 1.165) is 5.56 Å². The average molecular weight is 720 g/mol. The van der Waals surface area contributed by atoms with Crippen molar-refractivity contribution in [1.29, 1.82) is 5.26 Å². The Morgan fingerprint density at radius 2 is 1.96 bits per heavy atom. The molecule has 0 amide bonds. The Balaban J connectivity index is 1.14. The first-order chi connectivity index (χ1) is 23.9. The van der Waals surface area contributed by atoms with Crippen LogP contribution < -0.4 is 10.5 Å². The number of alkyl halides is 3. The molecule has 0 bridgehead atoms. The number of pyridine rings is 2. The molecule has 6 heterocycles. The zero-order chi connectivity index (χ0) is 35.4. The van der Waals surface area contributed by atoms with E-state index in [4.69, 9.17) is 11.6 Å². The fourth-order valence-electron chi connectivity index (χ4n) is 6.66. The second kappa shape index (κ2) is 12.7. The Morgan fingerprint density at radius 3 is 2.68 bits per heavy atom. The quantitative estimate of drug-likeness (QED) is 0.220. The first-order valence-electron chi connectivity index (χ1n) is 15.2. The molecule has 16 heteroatoms. The number of hydrogen-bond donors (Lipinski definition) is 1. The second-order valence-corrected chi connectivity index (χ2v) is 13.5. The third-order valence-corrected chi connectivity index (χ3v) is 10.1. The van der Waals surface area contributed by atoms with Crippen LogP contribution in [0.5, 0.6) is 0 Å². The first-order valence-corrected chi connectivity index (χ1v) is 16.5. The number of aromatic nitrogens is 4. The molecule has 4 aromatic heterocycles. The van der Waals surface area contributed by atoms with Crippen LogP contribution in [0.1, 0.15) is 27.3 Å². The Labute approximate surface area is 291 Å². The molecule has 50 heavy (non-hydrogen) atoms. The molecule has 0 radical (unpaired) electrons. The maximum Gasteiger partial charge on any atom is 0.522 e. The molecule has 7 rings (SSSR count). The molecule has 2 fully saturated rings. The van der Waals surface area contributed by atoms with Gasteiger partial charge in [-0.2, -0.15) is 5.26 Å². The molecule has 0 saturated carbocycles. The van der Waals surface area contributed by atoms with Gasteiger partial charge in [-0.25, -0.2) is 14.8 Å². The van der Waals surface area contributed by atoms with Crippen molar-refractivity contribution in [2.45, 2.75) is 19.8 Å². The van der Waals surface area contributed by atoms with Gasteiger partial charge >= 0.3 is 12.3 Å². The predicted molar refractivity (Wildman–Crippen MR) is 180 cm³/mol. The summed E-state index contributed by atoms with van der Waals surface area (Å²) in [5, 5.41) is 21.9. The number of likely N-dealkylation sites (tertiary alicyclic amines) is 1. The van der Waals surface area contributed by atoms with Gasteiger partial charge in [0.2, 0.25) is 0 Å². The Hall–Kier alpha value is -5.06. The van der Waals surface area contributed by atoms with Crippen LogP contribution in [0.15, 0.2) is 46.8 Å². The number of carboxylic acids is 1. The topological polar surface area (TPSA) is 137 Å². The molecular formula is C34H25ClF3N7O4S. The molecule has 0 atom stereocenters. The van der Waals surface area contributed by atoms with E-state index in [1.54, 1.807) is 36.6 Å². The summed E-state index contributed by atoms with van der Waals surface area (Å²) in [7, 11) is 0. The minimum atomic E-state index is -4.65. The van der Waals surface area contributed by atoms with E-state index in [0.29, 0.717) is 64.2 Å². The Kier molecular flexibility index (Phi) is 8.48. The van der Waals surface area contributed by atoms with E-state index >= 15 is 0 Å². The van der Waals surface area contributed by atoms with Gasteiger partial charge in [-0.15, -0.1) is 24.5 Å². The van der Waals surface area contributed by atoms with Crippen LogP contribution in [0.25, 0.3) is 32.2 Å². The lowest BCUT2D eigenvalue weighted by atomic mass is 9.72. The standard InChI is InChI=1S/C34H25ClF3N7O4S/c1-19-42-26-13-41-30(44-17-33(18-44)15-43(16-33)9-10-49-34(36,37)38)24(12-39)27(26)31(46)45(19)8-2-3-20-4-5-21(35)11-23(20)22-6-7-40-28-25(32(47)48)14-50-29(22)28/h4-7,11,13-14H,8-10,15-18H2,1H3,(H,47,48). The van der Waals surface area contributed by atoms with Gasteiger partial charge in [-0.05, 0) is 31.2 Å². The van der Waals surface area contributed by atoms with Gasteiger partial charge < -0.3 is 10.0 Å². The van der Waals surface area contributed by atoms with Gasteiger partial charge in [0.15, 0.2) is 0 Å². The summed E-state index contributed by atoms with van der Waals surface area (Å²) in [5.74, 6) is 5.85. The minimum Gasteiger partial charge on any atom is -0.478 e. The molecule has 11 nitrogen and oxygen atoms in total. The highest BCUT2D eigenvalue weighted by molar-refractivity contribution is 7.18. The van der Waals surface area contributed by atoms with Crippen molar-refractivity contribution in [3.05, 3.63) is 79.9 Å². The van der Waals surface area contributed by atoms with Crippen LogP contribution in [0.4, 0.5) is 19.0 Å². The number of carbonyl (C=O) groups is 1. The third kappa shape index (κ3) is 6.14. The van der Waals surface area contributed by atoms with Gasteiger partial charge in [0.1, 0.15) is 23.3 Å². The highest BCUT2D eigenvalue weighted by atomic mass is 35.5. The molecule has 254 valence electrons. The van der Waals surface area contributed by atoms with Gasteiger partial charge in [-0.3, -0.25) is 24.0 Å². The van der Waals surface area contributed by atoms with E-state index in [2.05, 4.69) is 37.6 Å². The molecule has 1 aromatic carbocycles. The molecule has 0 unspecified atom stereocenters. The Bertz CT molecular complexity index is 2360. The summed E-state index contributed by atoms with van der Waals surface area (Å²) in [6.07, 6.45) is -1.65. The first kappa shape index (κ1) is 33.4. The van der Waals surface area contributed by atoms with Gasteiger partial charge in [0, 0.05) is 71.4 Å². The number of ether oxygens (including phenoxy) is 1. The van der Waals surface area contributed by atoms with Gasteiger partial charge in [0.25, 0.3) is 5.56 Å². The lowest BCUT2D eigenvalue weighted by Gasteiger charge is -2.60. The summed E-state index contributed by atoms with van der Waals surface area (Å²) < 4.78 is 42.8. The van der Waals surface area contributed by atoms with Crippen molar-refractivity contribution in [1.82, 2.24) is 24.4 Å². The van der Waals surface area contributed by atoms with Gasteiger partial charge in [0.05, 0.1) is 46.0 Å². The fraction of sp³-hybridized carbons (Fsp3) is 0.294. The summed E-state index contributed by atoms with van der Waals surface area (Å²) in [6.45, 7) is 3.67. The summed E-state index contributed by atoms with van der Waals surface area (Å²) >= 11 is 7.62. The lowest BCUT2D eigenvalue weighted by molar-refractivity contribution is -0.326. The lowest BCUT2D eigenvalue weighted by Crippen LogP contribution is -2.72. The number of anilines is 1. The predicted octanol–water partition coefficient (Wildman–Crippen LogP) is 5.31. The number of halogens is 4. The number of aromatic carboxylic acids is 1. The SMILES string of the molecule is Cc1nc2cnc(N3CC4(CN(CCOC(F)(F)F)C4)C3)c(C#N)c2c(=O)n1CC#Cc1ccc(Cl)cc1-c1ccnc2c(C(=O)O)csc12. The zero-order valence-corrected chi connectivity index (χ0v) is 27.8. The fourth-order valence-corrected chi connectivity index (χ4v) is 7.86. The van der Waals surface area contributed by atoms with Gasteiger partial charge in [-0.1, -0.05) is 23.4 Å². The summed E-state index contributed by atoms with van der Waals surface area (Å²) in [4.78, 5) is 42.7. The molecule has 2 saturated heterocycles. The number of carboxylic acid groups (broad SMARTS) is 1. The van der Waals surface area contributed by atoms with Crippen LogP contribution in [-0.4, -0.2) is 81.2 Å². The van der Waals surface area contributed by atoms with Crippen LogP contribution >= 0.6 is 22.9 Å². The largest absolute Gasteiger partial charge is 0.522 e. The highest BCUT2D eigenvalue weighted by Gasteiger charge is 2.52. The van der Waals surface area contributed by atoms with Crippen molar-refractivity contribution in [2.75, 3.05) is 44.2 Å². The number of aryl methyl sites for hydroxylation is 1. The summed E-state index contributed by atoms with van der Waals surface area (Å²) in [6, 6.07) is 9.10. The van der Waals surface area contributed by atoms with Crippen LogP contribution in [0, 0.1) is 35.5 Å². The smallest absolute Gasteiger partial charge is 0.478 e. The van der Waals surface area contributed by atoms with Crippen molar-refractivity contribution in [3.8, 4) is 29.0 Å². The average Bonchev–Trinajstić information content (AvgIpc) is 3.47. The van der Waals surface area contributed by atoms with Crippen LogP contribution in [-0.2, 0) is 11.3 Å². The van der Waals surface area contributed by atoms with Crippen molar-refractivity contribution < 1.29 is 27.8 Å². The number of nitriles is 1. The monoisotopic (exact) mass is 719 g/mol. The minimum absolute atomic E-state index is 0.0349.